The number of hydrogen-bond acceptors (Lipinski definition) is 5. The zero-order chi connectivity index (χ0) is 22.8. The van der Waals surface area contributed by atoms with Crippen LogP contribution in [0.3, 0.4) is 0 Å². The Morgan fingerprint density at radius 1 is 1.12 bits per heavy atom. The lowest BCUT2D eigenvalue weighted by atomic mass is 10.1. The minimum Gasteiger partial charge on any atom is -0.340 e. The van der Waals surface area contributed by atoms with Crippen LogP contribution in [0.2, 0.25) is 0 Å². The Kier molecular flexibility index (Phi) is 5.68. The Morgan fingerprint density at radius 2 is 1.97 bits per heavy atom. The molecule has 0 bridgehead atoms. The molecule has 0 aliphatic carbocycles. The minimum atomic E-state index is -0.0163. The number of terminal acetylenes is 1. The van der Waals surface area contributed by atoms with Gasteiger partial charge in [-0.3, -0.25) is 9.13 Å². The minimum absolute atomic E-state index is 0.0163. The molecule has 166 valence electrons. The van der Waals surface area contributed by atoms with Crippen LogP contribution in [-0.4, -0.2) is 43.6 Å². The Labute approximate surface area is 192 Å². The number of aromatic nitrogens is 4. The standard InChI is InChI=1S/C26H26N6O/c1-3-19-6-5-7-20(16-19)29-25-23-17-22(8-9-24(23)27-18-28-25)32-15-14-31(26(32)33)21-10-12-30(4-2)13-11-21/h1,5-9,14-18,21H,4,10-13H2,2H3,(H,27,28,29). The molecule has 0 spiro atoms. The van der Waals surface area contributed by atoms with Crippen LogP contribution in [0.4, 0.5) is 11.5 Å². The summed E-state index contributed by atoms with van der Waals surface area (Å²) in [5.74, 6) is 3.31. The highest BCUT2D eigenvalue weighted by Gasteiger charge is 2.21. The van der Waals surface area contributed by atoms with Gasteiger partial charge in [-0.25, -0.2) is 14.8 Å². The highest BCUT2D eigenvalue weighted by molar-refractivity contribution is 5.92. The summed E-state index contributed by atoms with van der Waals surface area (Å²) < 4.78 is 3.57. The Balaban J connectivity index is 1.48. The van der Waals surface area contributed by atoms with Crippen LogP contribution in [-0.2, 0) is 0 Å². The zero-order valence-corrected chi connectivity index (χ0v) is 18.6. The van der Waals surface area contributed by atoms with E-state index in [9.17, 15) is 4.79 Å². The first-order valence-electron chi connectivity index (χ1n) is 11.3. The molecule has 0 saturated carbocycles. The van der Waals surface area contributed by atoms with Crippen molar-refractivity contribution in [1.29, 1.82) is 0 Å². The molecule has 1 saturated heterocycles. The van der Waals surface area contributed by atoms with Crippen molar-refractivity contribution in [1.82, 2.24) is 24.0 Å². The van der Waals surface area contributed by atoms with Crippen molar-refractivity contribution in [3.05, 3.63) is 77.2 Å². The van der Waals surface area contributed by atoms with Crippen LogP contribution < -0.4 is 11.0 Å². The molecule has 0 unspecified atom stereocenters. The fourth-order valence-electron chi connectivity index (χ4n) is 4.50. The molecule has 5 rings (SSSR count). The molecule has 0 atom stereocenters. The normalized spacial score (nSPS) is 14.9. The molecule has 1 aliphatic heterocycles. The van der Waals surface area contributed by atoms with Crippen LogP contribution in [0.1, 0.15) is 31.4 Å². The summed E-state index contributed by atoms with van der Waals surface area (Å²) in [6.07, 6.45) is 12.8. The summed E-state index contributed by atoms with van der Waals surface area (Å²) in [4.78, 5) is 24.5. The summed E-state index contributed by atoms with van der Waals surface area (Å²) in [6.45, 7) is 5.30. The van der Waals surface area contributed by atoms with Gasteiger partial charge < -0.3 is 10.2 Å². The van der Waals surface area contributed by atoms with Gasteiger partial charge in [-0.2, -0.15) is 0 Å². The second-order valence-corrected chi connectivity index (χ2v) is 8.30. The molecule has 33 heavy (non-hydrogen) atoms. The Bertz CT molecular complexity index is 1390. The molecule has 4 aromatic rings. The number of anilines is 2. The van der Waals surface area contributed by atoms with Crippen molar-refractivity contribution >= 4 is 22.4 Å². The second kappa shape index (κ2) is 8.93. The van der Waals surface area contributed by atoms with E-state index in [0.717, 1.165) is 60.3 Å². The number of piperidine rings is 1. The Hall–Kier alpha value is -3.89. The monoisotopic (exact) mass is 438 g/mol. The van der Waals surface area contributed by atoms with Crippen LogP contribution in [0.15, 0.2) is 66.0 Å². The van der Waals surface area contributed by atoms with Crippen LogP contribution in [0.5, 0.6) is 0 Å². The van der Waals surface area contributed by atoms with E-state index >= 15 is 0 Å². The summed E-state index contributed by atoms with van der Waals surface area (Å²) in [5.41, 5.74) is 3.20. The van der Waals surface area contributed by atoms with Gasteiger partial charge in [-0.05, 0) is 55.8 Å². The van der Waals surface area contributed by atoms with Crippen LogP contribution in [0.25, 0.3) is 16.6 Å². The van der Waals surface area contributed by atoms with Gasteiger partial charge in [0.05, 0.1) is 11.2 Å². The molecule has 1 N–H and O–H groups in total. The SMILES string of the molecule is C#Cc1cccc(Nc2ncnc3ccc(-n4ccn(C5CCN(CC)CC5)c4=O)cc23)c1. The van der Waals surface area contributed by atoms with Gasteiger partial charge in [0.1, 0.15) is 12.1 Å². The maximum Gasteiger partial charge on any atom is 0.332 e. The first-order valence-corrected chi connectivity index (χ1v) is 11.3. The molecule has 7 heteroatoms. The highest BCUT2D eigenvalue weighted by Crippen LogP contribution is 2.26. The maximum atomic E-state index is 13.2. The molecular formula is C26H26N6O. The van der Waals surface area contributed by atoms with Gasteiger partial charge in [0.2, 0.25) is 0 Å². The van der Waals surface area contributed by atoms with Crippen molar-refractivity contribution in [2.45, 2.75) is 25.8 Å². The molecule has 7 nitrogen and oxygen atoms in total. The zero-order valence-electron chi connectivity index (χ0n) is 18.6. The van der Waals surface area contributed by atoms with Crippen LogP contribution >= 0.6 is 0 Å². The van der Waals surface area contributed by atoms with Gasteiger partial charge in [0.25, 0.3) is 0 Å². The largest absolute Gasteiger partial charge is 0.340 e. The summed E-state index contributed by atoms with van der Waals surface area (Å²) >= 11 is 0. The van der Waals surface area contributed by atoms with E-state index in [-0.39, 0.29) is 11.7 Å². The van der Waals surface area contributed by atoms with Crippen molar-refractivity contribution < 1.29 is 0 Å². The third kappa shape index (κ3) is 4.13. The van der Waals surface area contributed by atoms with Crippen molar-refractivity contribution in [3.8, 4) is 18.0 Å². The number of rotatable bonds is 5. The summed E-state index contributed by atoms with van der Waals surface area (Å²) in [7, 11) is 0. The fourth-order valence-corrected chi connectivity index (χ4v) is 4.50. The number of imidazole rings is 1. The van der Waals surface area contributed by atoms with E-state index in [1.54, 1.807) is 4.57 Å². The number of hydrogen-bond donors (Lipinski definition) is 1. The van der Waals surface area contributed by atoms with E-state index < -0.39 is 0 Å². The summed E-state index contributed by atoms with van der Waals surface area (Å²) in [6, 6.07) is 13.6. The third-order valence-electron chi connectivity index (χ3n) is 6.39. The lowest BCUT2D eigenvalue weighted by Gasteiger charge is -2.31. The van der Waals surface area contributed by atoms with Gasteiger partial charge in [0, 0.05) is 48.2 Å². The fraction of sp³-hybridized carbons (Fsp3) is 0.269. The maximum absolute atomic E-state index is 13.2. The second-order valence-electron chi connectivity index (χ2n) is 8.30. The number of likely N-dealkylation sites (tertiary alicyclic amines) is 1. The number of benzene rings is 2. The smallest absolute Gasteiger partial charge is 0.332 e. The number of nitrogens with one attached hydrogen (secondary N) is 1. The average molecular weight is 439 g/mol. The molecular weight excluding hydrogens is 412 g/mol. The third-order valence-corrected chi connectivity index (χ3v) is 6.39. The molecule has 3 heterocycles. The van der Waals surface area contributed by atoms with Gasteiger partial charge >= 0.3 is 5.69 Å². The molecule has 2 aromatic heterocycles. The van der Waals surface area contributed by atoms with Crippen LogP contribution in [0, 0.1) is 12.3 Å². The van der Waals surface area contributed by atoms with E-state index in [4.69, 9.17) is 6.42 Å². The lowest BCUT2D eigenvalue weighted by Crippen LogP contribution is -2.37. The predicted molar refractivity (Wildman–Crippen MR) is 131 cm³/mol. The lowest BCUT2D eigenvalue weighted by molar-refractivity contribution is 0.192. The topological polar surface area (TPSA) is 68.0 Å². The van der Waals surface area contributed by atoms with Crippen molar-refractivity contribution in [2.75, 3.05) is 25.0 Å². The van der Waals surface area contributed by atoms with Gasteiger partial charge in [0.15, 0.2) is 0 Å². The quantitative estimate of drug-likeness (QED) is 0.478. The van der Waals surface area contributed by atoms with E-state index in [1.807, 2.05) is 59.4 Å². The van der Waals surface area contributed by atoms with E-state index in [1.165, 1.54) is 6.33 Å². The Morgan fingerprint density at radius 3 is 2.76 bits per heavy atom. The molecule has 1 aliphatic rings. The molecule has 2 aromatic carbocycles. The summed E-state index contributed by atoms with van der Waals surface area (Å²) in [5, 5.41) is 4.17. The van der Waals surface area contributed by atoms with Crippen molar-refractivity contribution in [3.63, 3.8) is 0 Å². The molecule has 0 radical (unpaired) electrons. The van der Waals surface area contributed by atoms with Gasteiger partial charge in [-0.1, -0.05) is 18.9 Å². The first kappa shape index (κ1) is 21.0. The number of nitrogens with zero attached hydrogens (tertiary/aromatic N) is 5. The van der Waals surface area contributed by atoms with Gasteiger partial charge in [-0.15, -0.1) is 6.42 Å². The van der Waals surface area contributed by atoms with E-state index in [0.29, 0.717) is 5.82 Å². The number of fused-ring (bicyclic) bond motifs is 1. The highest BCUT2D eigenvalue weighted by atomic mass is 16.1. The predicted octanol–water partition coefficient (Wildman–Crippen LogP) is 3.96. The first-order chi connectivity index (χ1) is 16.2. The molecule has 0 amide bonds. The van der Waals surface area contributed by atoms with E-state index in [2.05, 4.69) is 33.0 Å². The average Bonchev–Trinajstić information content (AvgIpc) is 3.25. The molecule has 1 fully saturated rings. The van der Waals surface area contributed by atoms with Crippen molar-refractivity contribution in [2.24, 2.45) is 0 Å².